The SMILES string of the molecule is CC(O)(C#CCCOC1CCCCO1)c1ccc(-c2ccc(Cl)cc2)cc1. The van der Waals surface area contributed by atoms with Crippen LogP contribution >= 0.6 is 11.6 Å². The van der Waals surface area contributed by atoms with E-state index >= 15 is 0 Å². The molecule has 1 heterocycles. The first-order chi connectivity index (χ1) is 13.0. The summed E-state index contributed by atoms with van der Waals surface area (Å²) in [5, 5.41) is 11.4. The van der Waals surface area contributed by atoms with E-state index in [0.29, 0.717) is 18.1 Å². The fraction of sp³-hybridized carbons (Fsp3) is 0.391. The summed E-state index contributed by atoms with van der Waals surface area (Å²) in [6.07, 6.45) is 3.68. The van der Waals surface area contributed by atoms with Gasteiger partial charge in [-0.25, -0.2) is 0 Å². The summed E-state index contributed by atoms with van der Waals surface area (Å²) in [5.41, 5.74) is 1.72. The van der Waals surface area contributed by atoms with Gasteiger partial charge in [0.1, 0.15) is 5.60 Å². The van der Waals surface area contributed by atoms with Gasteiger partial charge in [0.2, 0.25) is 0 Å². The first-order valence-electron chi connectivity index (χ1n) is 9.37. The summed E-state index contributed by atoms with van der Waals surface area (Å²) in [4.78, 5) is 0. The van der Waals surface area contributed by atoms with Gasteiger partial charge in [-0.1, -0.05) is 59.8 Å². The van der Waals surface area contributed by atoms with Gasteiger partial charge < -0.3 is 14.6 Å². The van der Waals surface area contributed by atoms with E-state index in [9.17, 15) is 5.11 Å². The van der Waals surface area contributed by atoms with Crippen LogP contribution in [0, 0.1) is 11.8 Å². The molecule has 0 spiro atoms. The molecule has 142 valence electrons. The van der Waals surface area contributed by atoms with Crippen LogP contribution in [0.15, 0.2) is 48.5 Å². The highest BCUT2D eigenvalue weighted by molar-refractivity contribution is 6.30. The molecule has 3 rings (SSSR count). The molecule has 2 unspecified atom stereocenters. The first-order valence-corrected chi connectivity index (χ1v) is 9.74. The number of hydrogen-bond donors (Lipinski definition) is 1. The maximum atomic E-state index is 10.7. The number of rotatable bonds is 5. The summed E-state index contributed by atoms with van der Waals surface area (Å²) < 4.78 is 11.2. The van der Waals surface area contributed by atoms with E-state index < -0.39 is 5.60 Å². The zero-order valence-corrected chi connectivity index (χ0v) is 16.3. The fourth-order valence-corrected chi connectivity index (χ4v) is 3.15. The highest BCUT2D eigenvalue weighted by Gasteiger charge is 2.19. The van der Waals surface area contributed by atoms with Crippen molar-refractivity contribution < 1.29 is 14.6 Å². The average molecular weight is 385 g/mol. The minimum absolute atomic E-state index is 0.0959. The lowest BCUT2D eigenvalue weighted by atomic mass is 9.94. The van der Waals surface area contributed by atoms with Crippen LogP contribution in [0.5, 0.6) is 0 Å². The van der Waals surface area contributed by atoms with Crippen molar-refractivity contribution in [3.8, 4) is 23.0 Å². The van der Waals surface area contributed by atoms with Crippen LogP contribution in [0.2, 0.25) is 5.02 Å². The lowest BCUT2D eigenvalue weighted by Gasteiger charge is -2.22. The number of hydrogen-bond acceptors (Lipinski definition) is 3. The van der Waals surface area contributed by atoms with Gasteiger partial charge in [-0.05, 0) is 55.0 Å². The highest BCUT2D eigenvalue weighted by Crippen LogP contribution is 2.26. The van der Waals surface area contributed by atoms with Crippen LogP contribution in [-0.2, 0) is 15.1 Å². The van der Waals surface area contributed by atoms with Crippen LogP contribution in [0.25, 0.3) is 11.1 Å². The monoisotopic (exact) mass is 384 g/mol. The number of aliphatic hydroxyl groups is 1. The van der Waals surface area contributed by atoms with Gasteiger partial charge in [0.25, 0.3) is 0 Å². The molecule has 2 aromatic rings. The van der Waals surface area contributed by atoms with Gasteiger partial charge in [-0.2, -0.15) is 0 Å². The zero-order chi connectivity index (χ0) is 19.1. The summed E-state index contributed by atoms with van der Waals surface area (Å²) in [5.74, 6) is 5.97. The maximum Gasteiger partial charge on any atom is 0.157 e. The predicted molar refractivity (Wildman–Crippen MR) is 108 cm³/mol. The lowest BCUT2D eigenvalue weighted by Crippen LogP contribution is -2.22. The standard InChI is InChI=1S/C23H25ClO3/c1-23(25,15-3-5-17-27-22-6-2-4-16-26-22)20-11-7-18(8-12-20)19-9-13-21(24)14-10-19/h7-14,22,25H,2,4-6,16-17H2,1H3. The lowest BCUT2D eigenvalue weighted by molar-refractivity contribution is -0.161. The molecule has 0 bridgehead atoms. The van der Waals surface area contributed by atoms with Crippen molar-refractivity contribution in [3.63, 3.8) is 0 Å². The van der Waals surface area contributed by atoms with E-state index in [1.165, 1.54) is 0 Å². The van der Waals surface area contributed by atoms with Crippen molar-refractivity contribution in [1.29, 1.82) is 0 Å². The van der Waals surface area contributed by atoms with Crippen LogP contribution in [0.4, 0.5) is 0 Å². The van der Waals surface area contributed by atoms with Crippen LogP contribution in [0.3, 0.4) is 0 Å². The molecule has 0 radical (unpaired) electrons. The Hall–Kier alpha value is -1.83. The normalized spacial score (nSPS) is 19.0. The molecule has 1 aliphatic rings. The van der Waals surface area contributed by atoms with Gasteiger partial charge in [0, 0.05) is 18.1 Å². The molecular weight excluding hydrogens is 360 g/mol. The maximum absolute atomic E-state index is 10.7. The van der Waals surface area contributed by atoms with Crippen LogP contribution in [-0.4, -0.2) is 24.6 Å². The number of ether oxygens (including phenoxy) is 2. The van der Waals surface area contributed by atoms with Crippen molar-refractivity contribution in [3.05, 3.63) is 59.1 Å². The Morgan fingerprint density at radius 1 is 1.11 bits per heavy atom. The molecule has 1 saturated heterocycles. The molecule has 0 aliphatic carbocycles. The summed E-state index contributed by atoms with van der Waals surface area (Å²) in [7, 11) is 0. The molecule has 0 amide bonds. The first kappa shape index (κ1) is 19.9. The van der Waals surface area contributed by atoms with Crippen molar-refractivity contribution in [2.45, 2.75) is 44.5 Å². The minimum Gasteiger partial charge on any atom is -0.374 e. The Bertz CT molecular complexity index is 779. The van der Waals surface area contributed by atoms with Gasteiger partial charge in [0.05, 0.1) is 6.61 Å². The minimum atomic E-state index is -1.19. The Labute approximate surface area is 166 Å². The van der Waals surface area contributed by atoms with Gasteiger partial charge >= 0.3 is 0 Å². The smallest absolute Gasteiger partial charge is 0.157 e. The van der Waals surface area contributed by atoms with Crippen molar-refractivity contribution in [2.75, 3.05) is 13.2 Å². The Morgan fingerprint density at radius 2 is 1.78 bits per heavy atom. The summed E-state index contributed by atoms with van der Waals surface area (Å²) in [6.45, 7) is 3.00. The molecule has 3 nitrogen and oxygen atoms in total. The fourth-order valence-electron chi connectivity index (χ4n) is 3.02. The molecule has 27 heavy (non-hydrogen) atoms. The van der Waals surface area contributed by atoms with Gasteiger partial charge in [-0.15, -0.1) is 0 Å². The third kappa shape index (κ3) is 5.82. The Morgan fingerprint density at radius 3 is 2.41 bits per heavy atom. The number of benzene rings is 2. The quantitative estimate of drug-likeness (QED) is 0.572. The molecule has 0 saturated carbocycles. The topological polar surface area (TPSA) is 38.7 Å². The molecule has 4 heteroatoms. The molecule has 2 atom stereocenters. The van der Waals surface area contributed by atoms with E-state index in [4.69, 9.17) is 21.1 Å². The predicted octanol–water partition coefficient (Wildman–Crippen LogP) is 5.15. The largest absolute Gasteiger partial charge is 0.374 e. The second-order valence-corrected chi connectivity index (χ2v) is 7.31. The van der Waals surface area contributed by atoms with E-state index in [-0.39, 0.29) is 6.29 Å². The van der Waals surface area contributed by atoms with Gasteiger partial charge in [-0.3, -0.25) is 0 Å². The van der Waals surface area contributed by atoms with E-state index in [2.05, 4.69) is 11.8 Å². The summed E-state index contributed by atoms with van der Waals surface area (Å²) >= 11 is 5.94. The third-order valence-corrected chi connectivity index (χ3v) is 4.88. The molecule has 1 fully saturated rings. The Kier molecular flexibility index (Phi) is 6.93. The van der Waals surface area contributed by atoms with Crippen LogP contribution in [0.1, 0.15) is 38.2 Å². The second kappa shape index (κ2) is 9.39. The van der Waals surface area contributed by atoms with Crippen molar-refractivity contribution >= 4 is 11.6 Å². The van der Waals surface area contributed by atoms with Crippen molar-refractivity contribution in [1.82, 2.24) is 0 Å². The highest BCUT2D eigenvalue weighted by atomic mass is 35.5. The molecule has 1 N–H and O–H groups in total. The molecule has 0 aromatic heterocycles. The van der Waals surface area contributed by atoms with E-state index in [0.717, 1.165) is 42.6 Å². The zero-order valence-electron chi connectivity index (χ0n) is 15.6. The van der Waals surface area contributed by atoms with Gasteiger partial charge in [0.15, 0.2) is 6.29 Å². The average Bonchev–Trinajstić information content (AvgIpc) is 2.69. The Balaban J connectivity index is 1.55. The van der Waals surface area contributed by atoms with Crippen LogP contribution < -0.4 is 0 Å². The molecule has 2 aromatic carbocycles. The molecule has 1 aliphatic heterocycles. The van der Waals surface area contributed by atoms with E-state index in [1.54, 1.807) is 6.92 Å². The number of halogens is 1. The second-order valence-electron chi connectivity index (χ2n) is 6.88. The third-order valence-electron chi connectivity index (χ3n) is 4.63. The van der Waals surface area contributed by atoms with E-state index in [1.807, 2.05) is 48.5 Å². The summed E-state index contributed by atoms with van der Waals surface area (Å²) in [6, 6.07) is 15.5. The van der Waals surface area contributed by atoms with Crippen molar-refractivity contribution in [2.24, 2.45) is 0 Å². The molecular formula is C23H25ClO3.